The first-order valence-corrected chi connectivity index (χ1v) is 0.636. The van der Waals surface area contributed by atoms with Gasteiger partial charge in [0.2, 0.25) is 0 Å². The van der Waals surface area contributed by atoms with E-state index in [1.54, 1.807) is 15.9 Å². The Kier molecular flexibility index (Phi) is 88.9. The average Bonchev–Trinajstić information content (AvgIpc) is 1.00. The molecule has 0 aliphatic carbocycles. The van der Waals surface area contributed by atoms with Crippen LogP contribution in [0.3, 0.4) is 0 Å². The Balaban J connectivity index is -0.00000000500. The van der Waals surface area contributed by atoms with Crippen LogP contribution < -0.4 is 0 Å². The van der Waals surface area contributed by atoms with Gasteiger partial charge in [0.05, 0.1) is 0 Å². The summed E-state index contributed by atoms with van der Waals surface area (Å²) in [5.74, 6) is 0. The predicted octanol–water partition coefficient (Wildman–Crippen LogP) is -0.947. The van der Waals surface area contributed by atoms with Gasteiger partial charge in [-0.05, 0) is 0 Å². The van der Waals surface area contributed by atoms with Gasteiger partial charge in [-0.2, -0.15) is 0 Å². The first-order chi connectivity index (χ1) is 1.00. The molecule has 0 aromatic rings. The van der Waals surface area contributed by atoms with E-state index in [4.69, 9.17) is 3.83 Å². The van der Waals surface area contributed by atoms with E-state index in [2.05, 4.69) is 0 Å². The maximum atomic E-state index is 8.06. The minimum atomic E-state index is 0. The van der Waals surface area contributed by atoms with Gasteiger partial charge in [0.25, 0.3) is 0 Å². The molecule has 23 valence electrons. The molecule has 0 aromatic heterocycles. The summed E-state index contributed by atoms with van der Waals surface area (Å²) in [6.07, 6.45) is 0. The fourth-order valence-corrected chi connectivity index (χ4v) is 0. The van der Waals surface area contributed by atoms with Gasteiger partial charge in [0, 0.05) is 0 Å². The molecule has 2 nitrogen and oxygen atoms in total. The first kappa shape index (κ1) is 16.9. The second kappa shape index (κ2) is 21.0. The van der Waals surface area contributed by atoms with Crippen LogP contribution in [-0.4, -0.2) is 54.4 Å². The molecular weight excluding hydrogens is 224 g/mol. The van der Waals surface area contributed by atoms with E-state index >= 15 is 0 Å². The third-order valence-electron chi connectivity index (χ3n) is 0. The van der Waals surface area contributed by atoms with Crippen molar-refractivity contribution in [1.29, 1.82) is 0 Å². The predicted molar refractivity (Wildman–Crippen MR) is 9.77 cm³/mol. The van der Waals surface area contributed by atoms with Crippen molar-refractivity contribution in [2.75, 3.05) is 0 Å². The standard InChI is InChI=1S/Ba.Mn.H2O.O.H/h;;1H2;;/q+1;;;;/p-1. The van der Waals surface area contributed by atoms with E-state index in [-0.39, 0.29) is 54.4 Å². The van der Waals surface area contributed by atoms with E-state index in [1.807, 2.05) is 0 Å². The molecule has 0 unspecified atom stereocenters. The normalized spacial score (nSPS) is 1.00. The molecule has 1 N–H and O–H groups in total. The van der Waals surface area contributed by atoms with Crippen LogP contribution in [-0.2, 0) is 19.8 Å². The molecule has 0 amide bonds. The summed E-state index contributed by atoms with van der Waals surface area (Å²) in [6, 6.07) is 0. The van der Waals surface area contributed by atoms with Crippen LogP contribution >= 0.6 is 0 Å². The van der Waals surface area contributed by atoms with Gasteiger partial charge in [-0.3, -0.25) is 0 Å². The number of hydrogen-bond acceptors (Lipinski definition) is 2. The summed E-state index contributed by atoms with van der Waals surface area (Å²) < 4.78 is 8.06. The summed E-state index contributed by atoms with van der Waals surface area (Å²) in [7, 11) is 0. The molecule has 4 heavy (non-hydrogen) atoms. The van der Waals surface area contributed by atoms with Crippen LogP contribution in [0, 0.1) is 0 Å². The second-order valence-electron chi connectivity index (χ2n) is 0. The molecule has 0 fully saturated rings. The van der Waals surface area contributed by atoms with Crippen LogP contribution in [0.2, 0.25) is 0 Å². The third-order valence-corrected chi connectivity index (χ3v) is 0. The van der Waals surface area contributed by atoms with Gasteiger partial charge in [-0.1, -0.05) is 0 Å². The van der Waals surface area contributed by atoms with Gasteiger partial charge < -0.3 is 5.48 Å². The van der Waals surface area contributed by atoms with Crippen LogP contribution in [0.15, 0.2) is 0 Å². The van der Waals surface area contributed by atoms with Crippen molar-refractivity contribution in [3.05, 3.63) is 0 Å². The van der Waals surface area contributed by atoms with Crippen molar-refractivity contribution < 1.29 is 25.3 Å². The number of hydrogen-bond donors (Lipinski definition) is 0. The van der Waals surface area contributed by atoms with Gasteiger partial charge in [0.15, 0.2) is 0 Å². The van der Waals surface area contributed by atoms with Gasteiger partial charge >= 0.3 is 68.7 Å². The molecule has 0 aliphatic rings. The van der Waals surface area contributed by atoms with Gasteiger partial charge in [-0.15, -0.1) is 0 Å². The van der Waals surface area contributed by atoms with Crippen molar-refractivity contribution in [3.63, 3.8) is 0 Å². The Hall–Kier alpha value is 1.85. The molecule has 0 saturated carbocycles. The maximum absolute atomic E-state index is 8.06. The molecule has 0 spiro atoms. The Labute approximate surface area is 72.7 Å². The zero-order chi connectivity index (χ0) is 2.00. The van der Waals surface area contributed by atoms with E-state index in [0.29, 0.717) is 0 Å². The van der Waals surface area contributed by atoms with Gasteiger partial charge in [0.1, 0.15) is 0 Å². The Morgan fingerprint density at radius 3 is 1.25 bits per heavy atom. The summed E-state index contributed by atoms with van der Waals surface area (Å²) in [5.41, 5.74) is 0. The van der Waals surface area contributed by atoms with Crippen molar-refractivity contribution >= 4 is 48.9 Å². The molecule has 0 radical (unpaired) electrons. The molecule has 0 aromatic carbocycles. The minimum absolute atomic E-state index is 0. The summed E-state index contributed by atoms with van der Waals surface area (Å²) in [6.45, 7) is 0. The van der Waals surface area contributed by atoms with Crippen molar-refractivity contribution in [2.45, 2.75) is 0 Å². The molecule has 0 saturated heterocycles. The molecule has 0 heterocycles. The molecule has 0 atom stereocenters. The van der Waals surface area contributed by atoms with Crippen molar-refractivity contribution in [1.82, 2.24) is 0 Å². The quantitative estimate of drug-likeness (QED) is 0.500. The molecule has 0 aliphatic heterocycles. The fraction of sp³-hybridized carbons (Fsp3) is 0. The summed E-state index contributed by atoms with van der Waals surface area (Å²) in [4.78, 5) is 0. The van der Waals surface area contributed by atoms with E-state index in [0.717, 1.165) is 0 Å². The zero-order valence-electron chi connectivity index (χ0n) is 2.23. The Morgan fingerprint density at radius 1 is 1.25 bits per heavy atom. The monoisotopic (exact) mass is 227 g/mol. The third kappa shape index (κ3) is 9.14. The summed E-state index contributed by atoms with van der Waals surface area (Å²) >= 11 is 1.69. The number of rotatable bonds is 0. The van der Waals surface area contributed by atoms with Crippen LogP contribution in [0.1, 0.15) is 0 Å². The van der Waals surface area contributed by atoms with Crippen LogP contribution in [0.25, 0.3) is 0 Å². The zero-order valence-corrected chi connectivity index (χ0v) is 9.69. The Morgan fingerprint density at radius 2 is 1.25 bits per heavy atom. The first-order valence-electron chi connectivity index (χ1n) is 0.154. The van der Waals surface area contributed by atoms with Crippen molar-refractivity contribution in [3.8, 4) is 0 Å². The van der Waals surface area contributed by atoms with E-state index < -0.39 is 0 Å². The summed E-state index contributed by atoms with van der Waals surface area (Å²) in [5, 5.41) is 0. The molecule has 0 bridgehead atoms. The topological polar surface area (TPSA) is 47.1 Å². The molecular formula is H2BaMnO2. The second-order valence-corrected chi connectivity index (χ2v) is 0. The van der Waals surface area contributed by atoms with Crippen LogP contribution in [0.4, 0.5) is 0 Å². The van der Waals surface area contributed by atoms with Gasteiger partial charge in [-0.25, -0.2) is 0 Å². The average molecular weight is 226 g/mol. The van der Waals surface area contributed by atoms with Crippen LogP contribution in [0.5, 0.6) is 0 Å². The molecule has 0 rings (SSSR count). The molecule has 4 heteroatoms. The fourth-order valence-electron chi connectivity index (χ4n) is 0. The van der Waals surface area contributed by atoms with E-state index in [9.17, 15) is 0 Å². The van der Waals surface area contributed by atoms with Crippen molar-refractivity contribution in [2.24, 2.45) is 0 Å². The van der Waals surface area contributed by atoms with E-state index in [1.165, 1.54) is 0 Å². The SMILES string of the molecule is [BaH+].[OH-].[O]=[Mn]. The Bertz CT molecular complexity index is 6.00.